The van der Waals surface area contributed by atoms with Gasteiger partial charge in [-0.15, -0.1) is 10.2 Å². The molecular weight excluding hydrogens is 308 g/mol. The van der Waals surface area contributed by atoms with Gasteiger partial charge in [0.1, 0.15) is 0 Å². The van der Waals surface area contributed by atoms with Gasteiger partial charge in [0.25, 0.3) is 0 Å². The van der Waals surface area contributed by atoms with Crippen molar-refractivity contribution in [2.75, 3.05) is 12.9 Å². The van der Waals surface area contributed by atoms with Gasteiger partial charge in [-0.1, -0.05) is 30.0 Å². The minimum absolute atomic E-state index is 0.205. The normalized spacial score (nSPS) is 10.8. The molecule has 2 aromatic heterocycles. The number of carbonyl (C=O) groups excluding carboxylic acids is 1. The first-order valence-corrected chi connectivity index (χ1v) is 8.58. The molecule has 0 amide bonds. The van der Waals surface area contributed by atoms with E-state index in [0.717, 1.165) is 33.7 Å². The number of aromatic nitrogens is 4. The fraction of sp³-hybridized carbons (Fsp3) is 0.538. The van der Waals surface area contributed by atoms with Crippen LogP contribution in [0.15, 0.2) is 10.4 Å². The molecule has 114 valence electrons. The summed E-state index contributed by atoms with van der Waals surface area (Å²) in [5.41, 5.74) is 2.06. The van der Waals surface area contributed by atoms with Crippen LogP contribution >= 0.6 is 23.1 Å². The van der Waals surface area contributed by atoms with Crippen molar-refractivity contribution in [1.29, 1.82) is 0 Å². The molecule has 0 spiro atoms. The standard InChI is InChI=1S/C13H18N4O2S2/c1-4-9-8-10(17(5-2)16-9)12-14-15-13(21-12)20-7-6-11(18)19-3/h8H,4-7H2,1-3H3. The largest absolute Gasteiger partial charge is 0.469 e. The van der Waals surface area contributed by atoms with Gasteiger partial charge >= 0.3 is 5.97 Å². The SMILES string of the molecule is CCc1cc(-c2nnc(SCCC(=O)OC)s2)n(CC)n1. The molecule has 0 bridgehead atoms. The van der Waals surface area contributed by atoms with Crippen LogP contribution in [0.3, 0.4) is 0 Å². The molecule has 0 radical (unpaired) electrons. The summed E-state index contributed by atoms with van der Waals surface area (Å²) < 4.78 is 7.42. The lowest BCUT2D eigenvalue weighted by molar-refractivity contribution is -0.140. The molecule has 2 heterocycles. The third kappa shape index (κ3) is 4.04. The summed E-state index contributed by atoms with van der Waals surface area (Å²) >= 11 is 3.05. The molecule has 0 N–H and O–H groups in total. The molecule has 0 aromatic carbocycles. The van der Waals surface area contributed by atoms with Crippen LogP contribution in [0.25, 0.3) is 10.7 Å². The van der Waals surface area contributed by atoms with Crippen LogP contribution < -0.4 is 0 Å². The number of hydrogen-bond acceptors (Lipinski definition) is 7. The Morgan fingerprint density at radius 3 is 2.90 bits per heavy atom. The summed E-state index contributed by atoms with van der Waals surface area (Å²) in [6, 6.07) is 2.06. The Balaban J connectivity index is 2.05. The van der Waals surface area contributed by atoms with Gasteiger partial charge in [0, 0.05) is 12.3 Å². The van der Waals surface area contributed by atoms with Crippen molar-refractivity contribution in [2.24, 2.45) is 0 Å². The molecule has 0 unspecified atom stereocenters. The lowest BCUT2D eigenvalue weighted by atomic mass is 10.3. The highest BCUT2D eigenvalue weighted by Crippen LogP contribution is 2.30. The van der Waals surface area contributed by atoms with E-state index in [1.54, 1.807) is 0 Å². The third-order valence-electron chi connectivity index (χ3n) is 2.88. The Morgan fingerprint density at radius 1 is 1.43 bits per heavy atom. The molecule has 0 fully saturated rings. The highest BCUT2D eigenvalue weighted by atomic mass is 32.2. The fourth-order valence-corrected chi connectivity index (χ4v) is 3.61. The summed E-state index contributed by atoms with van der Waals surface area (Å²) in [6.07, 6.45) is 1.28. The van der Waals surface area contributed by atoms with Gasteiger partial charge in [0.05, 0.1) is 24.9 Å². The van der Waals surface area contributed by atoms with Crippen molar-refractivity contribution in [3.05, 3.63) is 11.8 Å². The van der Waals surface area contributed by atoms with E-state index in [0.29, 0.717) is 12.2 Å². The summed E-state index contributed by atoms with van der Waals surface area (Å²) in [6.45, 7) is 4.95. The molecule has 0 aliphatic carbocycles. The van der Waals surface area contributed by atoms with Gasteiger partial charge in [-0.25, -0.2) is 0 Å². The lowest BCUT2D eigenvalue weighted by Crippen LogP contribution is -2.00. The van der Waals surface area contributed by atoms with Crippen LogP contribution in [0.1, 0.15) is 26.0 Å². The van der Waals surface area contributed by atoms with Gasteiger partial charge in [0.15, 0.2) is 9.35 Å². The first kappa shape index (κ1) is 16.0. The summed E-state index contributed by atoms with van der Waals surface area (Å²) in [5.74, 6) is 0.443. The van der Waals surface area contributed by atoms with Crippen LogP contribution in [0.5, 0.6) is 0 Å². The van der Waals surface area contributed by atoms with Crippen molar-refractivity contribution in [3.63, 3.8) is 0 Å². The smallest absolute Gasteiger partial charge is 0.306 e. The van der Waals surface area contributed by atoms with Crippen molar-refractivity contribution in [1.82, 2.24) is 20.0 Å². The molecule has 8 heteroatoms. The van der Waals surface area contributed by atoms with Gasteiger partial charge < -0.3 is 4.74 Å². The van der Waals surface area contributed by atoms with Crippen molar-refractivity contribution < 1.29 is 9.53 Å². The highest BCUT2D eigenvalue weighted by Gasteiger charge is 2.14. The number of methoxy groups -OCH3 is 1. The van der Waals surface area contributed by atoms with Crippen LogP contribution in [0.2, 0.25) is 0 Å². The Bertz CT molecular complexity index is 609. The fourth-order valence-electron chi connectivity index (χ4n) is 1.75. The Labute approximate surface area is 131 Å². The zero-order chi connectivity index (χ0) is 15.2. The summed E-state index contributed by atoms with van der Waals surface area (Å²) in [7, 11) is 1.40. The van der Waals surface area contributed by atoms with E-state index in [2.05, 4.69) is 39.9 Å². The maximum absolute atomic E-state index is 11.1. The van der Waals surface area contributed by atoms with Gasteiger partial charge in [-0.3, -0.25) is 9.48 Å². The van der Waals surface area contributed by atoms with Crippen molar-refractivity contribution in [3.8, 4) is 10.7 Å². The quantitative estimate of drug-likeness (QED) is 0.575. The Hall–Kier alpha value is -1.41. The number of thioether (sulfide) groups is 1. The second-order valence-corrected chi connectivity index (χ2v) is 6.56. The molecule has 2 aromatic rings. The average Bonchev–Trinajstić information content (AvgIpc) is 3.12. The van der Waals surface area contributed by atoms with E-state index < -0.39 is 0 Å². The van der Waals surface area contributed by atoms with Crippen molar-refractivity contribution in [2.45, 2.75) is 37.6 Å². The number of hydrogen-bond donors (Lipinski definition) is 0. The van der Waals surface area contributed by atoms with E-state index in [4.69, 9.17) is 0 Å². The molecule has 0 saturated carbocycles. The van der Waals surface area contributed by atoms with E-state index in [1.807, 2.05) is 4.68 Å². The first-order chi connectivity index (χ1) is 10.2. The zero-order valence-corrected chi connectivity index (χ0v) is 14.0. The van der Waals surface area contributed by atoms with E-state index in [9.17, 15) is 4.79 Å². The number of esters is 1. The van der Waals surface area contributed by atoms with Gasteiger partial charge in [-0.05, 0) is 19.4 Å². The molecule has 2 rings (SSSR count). The number of nitrogens with zero attached hydrogens (tertiary/aromatic N) is 4. The molecule has 0 atom stereocenters. The van der Waals surface area contributed by atoms with Gasteiger partial charge in [-0.2, -0.15) is 5.10 Å². The number of carbonyl (C=O) groups is 1. The monoisotopic (exact) mass is 326 g/mol. The maximum atomic E-state index is 11.1. The Morgan fingerprint density at radius 2 is 2.24 bits per heavy atom. The molecule has 21 heavy (non-hydrogen) atoms. The lowest BCUT2D eigenvalue weighted by Gasteiger charge is -1.99. The van der Waals surface area contributed by atoms with E-state index >= 15 is 0 Å². The third-order valence-corrected chi connectivity index (χ3v) is 4.96. The van der Waals surface area contributed by atoms with Crippen molar-refractivity contribution >= 4 is 29.1 Å². The number of ether oxygens (including phenoxy) is 1. The molecular formula is C13H18N4O2S2. The average molecular weight is 326 g/mol. The maximum Gasteiger partial charge on any atom is 0.306 e. The first-order valence-electron chi connectivity index (χ1n) is 6.78. The molecule has 0 aliphatic rings. The second kappa shape index (κ2) is 7.56. The second-order valence-electron chi connectivity index (χ2n) is 4.24. The minimum atomic E-state index is -0.205. The van der Waals surface area contributed by atoms with Crippen LogP contribution in [0.4, 0.5) is 0 Å². The number of rotatable bonds is 7. The molecule has 0 aliphatic heterocycles. The van der Waals surface area contributed by atoms with Crippen LogP contribution in [-0.2, 0) is 22.5 Å². The predicted octanol–water partition coefficient (Wildman–Crippen LogP) is 2.64. The Kier molecular flexibility index (Phi) is 5.75. The van der Waals surface area contributed by atoms with Gasteiger partial charge in [0.2, 0.25) is 0 Å². The zero-order valence-electron chi connectivity index (χ0n) is 12.3. The summed E-state index contributed by atoms with van der Waals surface area (Å²) in [4.78, 5) is 11.1. The van der Waals surface area contributed by atoms with E-state index in [1.165, 1.54) is 30.2 Å². The topological polar surface area (TPSA) is 69.9 Å². The van der Waals surface area contributed by atoms with E-state index in [-0.39, 0.29) is 5.97 Å². The summed E-state index contributed by atoms with van der Waals surface area (Å²) in [5, 5.41) is 13.8. The highest BCUT2D eigenvalue weighted by molar-refractivity contribution is 8.01. The predicted molar refractivity (Wildman–Crippen MR) is 83.5 cm³/mol. The molecule has 6 nitrogen and oxygen atoms in total. The minimum Gasteiger partial charge on any atom is -0.469 e. The van der Waals surface area contributed by atoms with Crippen LogP contribution in [-0.4, -0.2) is 38.8 Å². The van der Waals surface area contributed by atoms with Crippen LogP contribution in [0, 0.1) is 0 Å². The molecule has 0 saturated heterocycles. The number of aryl methyl sites for hydroxylation is 2.